The minimum atomic E-state index is -0.850. The zero-order valence-electron chi connectivity index (χ0n) is 38.1. The van der Waals surface area contributed by atoms with Crippen molar-refractivity contribution in [1.29, 1.82) is 0 Å². The third-order valence-electron chi connectivity index (χ3n) is 8.64. The minimum absolute atomic E-state index is 0.148. The van der Waals surface area contributed by atoms with Gasteiger partial charge in [0.2, 0.25) is 0 Å². The molecule has 6 heteroatoms. The zero-order valence-corrected chi connectivity index (χ0v) is 38.1. The van der Waals surface area contributed by atoms with Crippen LogP contribution in [-0.4, -0.2) is 37.2 Å². The Kier molecular flexibility index (Phi) is 43.8. The number of esters is 3. The lowest BCUT2D eigenvalue weighted by Crippen LogP contribution is -2.30. The third-order valence-corrected chi connectivity index (χ3v) is 8.64. The lowest BCUT2D eigenvalue weighted by molar-refractivity contribution is -0.167. The Hall–Kier alpha value is -4.97. The average Bonchev–Trinajstić information content (AvgIpc) is 3.26. The van der Waals surface area contributed by atoms with Crippen LogP contribution in [0.5, 0.6) is 0 Å². The summed E-state index contributed by atoms with van der Waals surface area (Å²) in [5, 5.41) is 0. The van der Waals surface area contributed by atoms with Crippen LogP contribution >= 0.6 is 0 Å². The van der Waals surface area contributed by atoms with E-state index in [1.54, 1.807) is 0 Å². The Balaban J connectivity index is 4.66. The van der Waals surface area contributed by atoms with E-state index in [4.69, 9.17) is 14.2 Å². The number of rotatable bonds is 38. The Morgan fingerprint density at radius 2 is 0.689 bits per heavy atom. The lowest BCUT2D eigenvalue weighted by Gasteiger charge is -2.18. The maximum atomic E-state index is 12.7. The molecule has 0 spiro atoms. The molecule has 0 rings (SSSR count). The highest BCUT2D eigenvalue weighted by atomic mass is 16.6. The Labute approximate surface area is 371 Å². The molecular formula is C55H80O6. The van der Waals surface area contributed by atoms with Gasteiger partial charge in [-0.3, -0.25) is 14.4 Å². The summed E-state index contributed by atoms with van der Waals surface area (Å²) < 4.78 is 16.6. The van der Waals surface area contributed by atoms with Gasteiger partial charge in [0, 0.05) is 19.3 Å². The van der Waals surface area contributed by atoms with Gasteiger partial charge in [-0.05, 0) is 103 Å². The smallest absolute Gasteiger partial charge is 0.306 e. The van der Waals surface area contributed by atoms with Crippen LogP contribution in [0.1, 0.15) is 149 Å². The molecule has 0 saturated heterocycles. The Bertz CT molecular complexity index is 1470. The van der Waals surface area contributed by atoms with Crippen LogP contribution in [0.2, 0.25) is 0 Å². The van der Waals surface area contributed by atoms with Crippen LogP contribution in [0.3, 0.4) is 0 Å². The second kappa shape index (κ2) is 47.7. The molecule has 0 heterocycles. The first-order chi connectivity index (χ1) is 30.0. The number of allylic oxidation sites excluding steroid dienone is 26. The van der Waals surface area contributed by atoms with E-state index in [0.717, 1.165) is 89.9 Å². The van der Waals surface area contributed by atoms with Gasteiger partial charge in [0.15, 0.2) is 6.10 Å². The van der Waals surface area contributed by atoms with E-state index in [2.05, 4.69) is 130 Å². The normalized spacial score (nSPS) is 13.6. The molecular weight excluding hydrogens is 757 g/mol. The third kappa shape index (κ3) is 46.0. The van der Waals surface area contributed by atoms with Gasteiger partial charge >= 0.3 is 17.9 Å². The monoisotopic (exact) mass is 837 g/mol. The van der Waals surface area contributed by atoms with Gasteiger partial charge in [0.25, 0.3) is 0 Å². The van der Waals surface area contributed by atoms with Crippen LogP contribution in [-0.2, 0) is 28.6 Å². The van der Waals surface area contributed by atoms with Crippen LogP contribution in [0, 0.1) is 0 Å². The molecule has 6 nitrogen and oxygen atoms in total. The first-order valence-corrected chi connectivity index (χ1v) is 23.1. The van der Waals surface area contributed by atoms with E-state index >= 15 is 0 Å². The molecule has 1 atom stereocenters. The summed E-state index contributed by atoms with van der Waals surface area (Å²) >= 11 is 0. The number of ether oxygens (including phenoxy) is 3. The molecule has 0 aromatic heterocycles. The van der Waals surface area contributed by atoms with Crippen molar-refractivity contribution in [1.82, 2.24) is 0 Å². The number of hydrogen-bond acceptors (Lipinski definition) is 6. The predicted octanol–water partition coefficient (Wildman–Crippen LogP) is 15.1. The van der Waals surface area contributed by atoms with Gasteiger partial charge < -0.3 is 14.2 Å². The predicted molar refractivity (Wildman–Crippen MR) is 260 cm³/mol. The van der Waals surface area contributed by atoms with Crippen molar-refractivity contribution in [3.8, 4) is 0 Å². The average molecular weight is 837 g/mol. The van der Waals surface area contributed by atoms with Gasteiger partial charge in [-0.2, -0.15) is 0 Å². The molecule has 0 fully saturated rings. The number of carbonyl (C=O) groups excluding carboxylic acids is 3. The van der Waals surface area contributed by atoms with E-state index in [-0.39, 0.29) is 50.4 Å². The standard InChI is InChI=1S/C55H80O6/c1-4-7-10-13-16-19-22-24-26-27-29-30-33-36-39-42-45-48-54(57)60-51-52(50-59-53(56)47-44-41-38-35-32-21-18-15-12-9-6-3)61-55(58)49-46-43-40-37-34-31-28-25-23-20-17-14-11-8-5-2/h7-12,14,16-21,23-26,28-31,34-36,38-39,52H,4-6,13,15,22,27,32-33,37,40-51H2,1-3H3/b10-7-,11-8-,12-9-,17-14-,19-16-,21-18-,23-20-,26-24-,28-25-,30-29-,34-31-,38-35-,39-36-. The molecule has 0 radical (unpaired) electrons. The fraction of sp³-hybridized carbons (Fsp3) is 0.473. The summed E-state index contributed by atoms with van der Waals surface area (Å²) in [6.07, 6.45) is 69.5. The number of unbranched alkanes of at least 4 members (excludes halogenated alkanes) is 5. The van der Waals surface area contributed by atoms with Crippen molar-refractivity contribution in [3.63, 3.8) is 0 Å². The molecule has 61 heavy (non-hydrogen) atoms. The second-order valence-corrected chi connectivity index (χ2v) is 14.3. The van der Waals surface area contributed by atoms with E-state index in [9.17, 15) is 14.4 Å². The summed E-state index contributed by atoms with van der Waals surface area (Å²) in [5.74, 6) is -1.12. The maximum absolute atomic E-state index is 12.7. The highest BCUT2D eigenvalue weighted by Gasteiger charge is 2.19. The zero-order chi connectivity index (χ0) is 44.4. The SMILES string of the molecule is CC\C=C/C=C\C=C/C=C\C=C/CCCCCC(=O)OC(COC(=O)CCC/C=C\C/C=C\C/C=C\CC)COC(=O)CCC/C=C\C/C=C\C/C=C\C/C=C\C/C=C\CC. The highest BCUT2D eigenvalue weighted by molar-refractivity contribution is 5.71. The van der Waals surface area contributed by atoms with Crippen molar-refractivity contribution in [3.05, 3.63) is 158 Å². The fourth-order valence-electron chi connectivity index (χ4n) is 5.28. The maximum Gasteiger partial charge on any atom is 0.306 e. The molecule has 0 aromatic rings. The quantitative estimate of drug-likeness (QED) is 0.0203. The summed E-state index contributed by atoms with van der Waals surface area (Å²) in [6, 6.07) is 0. The molecule has 0 N–H and O–H groups in total. The van der Waals surface area contributed by atoms with Crippen LogP contribution in [0.25, 0.3) is 0 Å². The van der Waals surface area contributed by atoms with Crippen molar-refractivity contribution in [2.24, 2.45) is 0 Å². The van der Waals surface area contributed by atoms with E-state index in [1.165, 1.54) is 0 Å². The molecule has 0 bridgehead atoms. The molecule has 0 aliphatic heterocycles. The molecule has 1 unspecified atom stereocenters. The van der Waals surface area contributed by atoms with Crippen molar-refractivity contribution < 1.29 is 28.6 Å². The first kappa shape index (κ1) is 56.0. The molecule has 0 aliphatic rings. The first-order valence-electron chi connectivity index (χ1n) is 23.1. The largest absolute Gasteiger partial charge is 0.462 e. The summed E-state index contributed by atoms with van der Waals surface area (Å²) in [6.45, 7) is 6.08. The van der Waals surface area contributed by atoms with E-state index < -0.39 is 6.10 Å². The van der Waals surface area contributed by atoms with Crippen LogP contribution < -0.4 is 0 Å². The van der Waals surface area contributed by atoms with Gasteiger partial charge in [0.1, 0.15) is 13.2 Å². The minimum Gasteiger partial charge on any atom is -0.462 e. The number of carbonyl (C=O) groups is 3. The molecule has 0 aromatic carbocycles. The van der Waals surface area contributed by atoms with E-state index in [0.29, 0.717) is 19.3 Å². The van der Waals surface area contributed by atoms with Crippen LogP contribution in [0.15, 0.2) is 158 Å². The molecule has 0 saturated carbocycles. The summed E-state index contributed by atoms with van der Waals surface area (Å²) in [7, 11) is 0. The second-order valence-electron chi connectivity index (χ2n) is 14.3. The van der Waals surface area contributed by atoms with E-state index in [1.807, 2.05) is 48.6 Å². The Morgan fingerprint density at radius 1 is 0.344 bits per heavy atom. The topological polar surface area (TPSA) is 78.9 Å². The van der Waals surface area contributed by atoms with Crippen molar-refractivity contribution >= 4 is 17.9 Å². The fourth-order valence-corrected chi connectivity index (χ4v) is 5.28. The van der Waals surface area contributed by atoms with Crippen molar-refractivity contribution in [2.75, 3.05) is 13.2 Å². The number of hydrogen-bond donors (Lipinski definition) is 0. The lowest BCUT2D eigenvalue weighted by atomic mass is 10.1. The van der Waals surface area contributed by atoms with Gasteiger partial charge in [-0.25, -0.2) is 0 Å². The molecule has 0 amide bonds. The Morgan fingerprint density at radius 3 is 1.11 bits per heavy atom. The summed E-state index contributed by atoms with van der Waals surface area (Å²) in [5.41, 5.74) is 0. The highest BCUT2D eigenvalue weighted by Crippen LogP contribution is 2.09. The van der Waals surface area contributed by atoms with Crippen LogP contribution in [0.4, 0.5) is 0 Å². The van der Waals surface area contributed by atoms with Gasteiger partial charge in [-0.1, -0.05) is 185 Å². The molecule has 0 aliphatic carbocycles. The van der Waals surface area contributed by atoms with Crippen molar-refractivity contribution in [2.45, 2.75) is 155 Å². The molecule has 336 valence electrons. The van der Waals surface area contributed by atoms with Gasteiger partial charge in [0.05, 0.1) is 0 Å². The van der Waals surface area contributed by atoms with Gasteiger partial charge in [-0.15, -0.1) is 0 Å². The summed E-state index contributed by atoms with van der Waals surface area (Å²) in [4.78, 5) is 37.8.